The SMILES string of the molecule is CCCCc1cc(CCCC)c(S(N)(=O)=O)c(CCCC)c1. The van der Waals surface area contributed by atoms with Crippen molar-refractivity contribution in [1.82, 2.24) is 0 Å². The van der Waals surface area contributed by atoms with Gasteiger partial charge in [-0.1, -0.05) is 52.2 Å². The molecule has 0 saturated carbocycles. The van der Waals surface area contributed by atoms with E-state index in [1.165, 1.54) is 5.56 Å². The fraction of sp³-hybridized carbons (Fsp3) is 0.667. The first-order chi connectivity index (χ1) is 10.4. The monoisotopic (exact) mass is 325 g/mol. The van der Waals surface area contributed by atoms with Gasteiger partial charge in [-0.3, -0.25) is 0 Å². The van der Waals surface area contributed by atoms with Gasteiger partial charge in [0.25, 0.3) is 0 Å². The van der Waals surface area contributed by atoms with Gasteiger partial charge in [-0.2, -0.15) is 0 Å². The minimum absolute atomic E-state index is 0.398. The number of benzene rings is 1. The van der Waals surface area contributed by atoms with Crippen LogP contribution in [0.5, 0.6) is 0 Å². The lowest BCUT2D eigenvalue weighted by Crippen LogP contribution is -2.18. The van der Waals surface area contributed by atoms with Crippen LogP contribution in [0.15, 0.2) is 17.0 Å². The molecule has 1 aromatic rings. The van der Waals surface area contributed by atoms with Gasteiger partial charge in [0.15, 0.2) is 0 Å². The summed E-state index contributed by atoms with van der Waals surface area (Å²) in [6, 6.07) is 4.14. The topological polar surface area (TPSA) is 60.2 Å². The second-order valence-electron chi connectivity index (χ2n) is 6.10. The Hall–Kier alpha value is -0.870. The summed E-state index contributed by atoms with van der Waals surface area (Å²) in [5, 5.41) is 5.52. The third-order valence-electron chi connectivity index (χ3n) is 4.01. The second-order valence-corrected chi connectivity index (χ2v) is 7.60. The van der Waals surface area contributed by atoms with E-state index in [1.54, 1.807) is 0 Å². The van der Waals surface area contributed by atoms with E-state index in [9.17, 15) is 8.42 Å². The molecule has 0 spiro atoms. The van der Waals surface area contributed by atoms with Crippen molar-refractivity contribution < 1.29 is 8.42 Å². The van der Waals surface area contributed by atoms with E-state index in [4.69, 9.17) is 5.14 Å². The van der Waals surface area contributed by atoms with Gasteiger partial charge >= 0.3 is 0 Å². The Morgan fingerprint density at radius 1 is 0.818 bits per heavy atom. The molecule has 0 heterocycles. The first-order valence-electron chi connectivity index (χ1n) is 8.61. The van der Waals surface area contributed by atoms with Crippen LogP contribution in [0, 0.1) is 0 Å². The molecule has 0 aliphatic rings. The molecule has 0 fully saturated rings. The number of primary sulfonamides is 1. The average molecular weight is 326 g/mol. The van der Waals surface area contributed by atoms with E-state index in [0.717, 1.165) is 68.9 Å². The van der Waals surface area contributed by atoms with Gasteiger partial charge in [-0.15, -0.1) is 0 Å². The van der Waals surface area contributed by atoms with Crippen molar-refractivity contribution in [2.75, 3.05) is 0 Å². The normalized spacial score (nSPS) is 11.8. The minimum atomic E-state index is -3.66. The number of aryl methyl sites for hydroxylation is 3. The Morgan fingerprint density at radius 3 is 1.59 bits per heavy atom. The Morgan fingerprint density at radius 2 is 1.23 bits per heavy atom. The van der Waals surface area contributed by atoms with E-state index in [2.05, 4.69) is 32.9 Å². The van der Waals surface area contributed by atoms with Gasteiger partial charge in [-0.05, 0) is 55.2 Å². The highest BCUT2D eigenvalue weighted by atomic mass is 32.2. The standard InChI is InChI=1S/C18H31NO2S/c1-4-7-10-15-13-16(11-8-5-2)18(22(19,20)21)17(14-15)12-9-6-3/h13-14H,4-12H2,1-3H3,(H2,19,20,21). The van der Waals surface area contributed by atoms with E-state index in [1.807, 2.05) is 0 Å². The molecule has 0 saturated heterocycles. The van der Waals surface area contributed by atoms with Crippen LogP contribution in [-0.4, -0.2) is 8.42 Å². The van der Waals surface area contributed by atoms with E-state index >= 15 is 0 Å². The van der Waals surface area contributed by atoms with Crippen LogP contribution in [0.4, 0.5) is 0 Å². The number of nitrogens with two attached hydrogens (primary N) is 1. The van der Waals surface area contributed by atoms with Crippen molar-refractivity contribution in [3.63, 3.8) is 0 Å². The lowest BCUT2D eigenvalue weighted by Gasteiger charge is -2.16. The maximum Gasteiger partial charge on any atom is 0.238 e. The quantitative estimate of drug-likeness (QED) is 0.694. The predicted molar refractivity (Wildman–Crippen MR) is 93.7 cm³/mol. The van der Waals surface area contributed by atoms with Crippen LogP contribution in [0.1, 0.15) is 76.0 Å². The molecule has 0 amide bonds. The highest BCUT2D eigenvalue weighted by Crippen LogP contribution is 2.26. The molecule has 1 rings (SSSR count). The van der Waals surface area contributed by atoms with Gasteiger partial charge in [0, 0.05) is 0 Å². The van der Waals surface area contributed by atoms with Gasteiger partial charge in [-0.25, -0.2) is 13.6 Å². The zero-order valence-corrected chi connectivity index (χ0v) is 15.1. The Kier molecular flexibility index (Phi) is 8.12. The Balaban J connectivity index is 3.33. The summed E-state index contributed by atoms with van der Waals surface area (Å²) < 4.78 is 24.2. The molecule has 3 nitrogen and oxygen atoms in total. The highest BCUT2D eigenvalue weighted by molar-refractivity contribution is 7.89. The molecule has 0 aliphatic carbocycles. The van der Waals surface area contributed by atoms with Gasteiger partial charge in [0.2, 0.25) is 10.0 Å². The van der Waals surface area contributed by atoms with Gasteiger partial charge < -0.3 is 0 Å². The lowest BCUT2D eigenvalue weighted by atomic mass is 9.96. The molecule has 2 N–H and O–H groups in total. The highest BCUT2D eigenvalue weighted by Gasteiger charge is 2.19. The third kappa shape index (κ3) is 5.73. The molecule has 4 heteroatoms. The van der Waals surface area contributed by atoms with Crippen molar-refractivity contribution in [2.24, 2.45) is 5.14 Å². The van der Waals surface area contributed by atoms with Crippen LogP contribution in [0.2, 0.25) is 0 Å². The first kappa shape index (κ1) is 19.2. The summed E-state index contributed by atoms with van der Waals surface area (Å²) in [7, 11) is -3.66. The van der Waals surface area contributed by atoms with Crippen LogP contribution in [-0.2, 0) is 29.3 Å². The third-order valence-corrected chi connectivity index (χ3v) is 5.10. The number of sulfonamides is 1. The second kappa shape index (κ2) is 9.31. The predicted octanol–water partition coefficient (Wildman–Crippen LogP) is 4.36. The summed E-state index contributed by atoms with van der Waals surface area (Å²) >= 11 is 0. The van der Waals surface area contributed by atoms with Crippen molar-refractivity contribution in [3.8, 4) is 0 Å². The van der Waals surface area contributed by atoms with Crippen molar-refractivity contribution >= 4 is 10.0 Å². The summed E-state index contributed by atoms with van der Waals surface area (Å²) in [6.07, 6.45) is 8.96. The van der Waals surface area contributed by atoms with E-state index < -0.39 is 10.0 Å². The molecular formula is C18H31NO2S. The smallest absolute Gasteiger partial charge is 0.225 e. The molecule has 0 radical (unpaired) electrons. The van der Waals surface area contributed by atoms with E-state index in [0.29, 0.717) is 4.90 Å². The molecule has 126 valence electrons. The molecule has 0 aliphatic heterocycles. The molecule has 22 heavy (non-hydrogen) atoms. The molecule has 0 atom stereocenters. The fourth-order valence-corrected chi connectivity index (χ4v) is 3.88. The minimum Gasteiger partial charge on any atom is -0.225 e. The van der Waals surface area contributed by atoms with Gasteiger partial charge in [0.1, 0.15) is 0 Å². The molecule has 0 unspecified atom stereocenters. The average Bonchev–Trinajstić information content (AvgIpc) is 2.47. The Labute approximate surface area is 136 Å². The number of hydrogen-bond donors (Lipinski definition) is 1. The summed E-state index contributed by atoms with van der Waals surface area (Å²) in [5.74, 6) is 0. The zero-order chi connectivity index (χ0) is 16.6. The first-order valence-corrected chi connectivity index (χ1v) is 10.2. The van der Waals surface area contributed by atoms with Crippen LogP contribution < -0.4 is 5.14 Å². The van der Waals surface area contributed by atoms with Crippen LogP contribution in [0.25, 0.3) is 0 Å². The maximum absolute atomic E-state index is 12.1. The van der Waals surface area contributed by atoms with Crippen LogP contribution in [0.3, 0.4) is 0 Å². The molecule has 0 aromatic heterocycles. The van der Waals surface area contributed by atoms with Gasteiger partial charge in [0.05, 0.1) is 4.90 Å². The molecule has 0 bridgehead atoms. The van der Waals surface area contributed by atoms with Crippen molar-refractivity contribution in [3.05, 3.63) is 28.8 Å². The Bertz CT molecular complexity index is 535. The molecule has 1 aromatic carbocycles. The summed E-state index contributed by atoms with van der Waals surface area (Å²) in [5.41, 5.74) is 3.10. The van der Waals surface area contributed by atoms with Crippen molar-refractivity contribution in [2.45, 2.75) is 83.5 Å². The lowest BCUT2D eigenvalue weighted by molar-refractivity contribution is 0.593. The largest absolute Gasteiger partial charge is 0.238 e. The number of hydrogen-bond acceptors (Lipinski definition) is 2. The van der Waals surface area contributed by atoms with Crippen LogP contribution >= 0.6 is 0 Å². The summed E-state index contributed by atoms with van der Waals surface area (Å²) in [6.45, 7) is 6.42. The molecular weight excluding hydrogens is 294 g/mol. The summed E-state index contributed by atoms with van der Waals surface area (Å²) in [4.78, 5) is 0.398. The zero-order valence-electron chi connectivity index (χ0n) is 14.3. The fourth-order valence-electron chi connectivity index (χ4n) is 2.82. The van der Waals surface area contributed by atoms with E-state index in [-0.39, 0.29) is 0 Å². The van der Waals surface area contributed by atoms with Crippen molar-refractivity contribution in [1.29, 1.82) is 0 Å². The number of unbranched alkanes of at least 4 members (excludes halogenated alkanes) is 3. The number of rotatable bonds is 10. The maximum atomic E-state index is 12.1.